The molecule has 9 nitrogen and oxygen atoms in total. The monoisotopic (exact) mass is 450 g/mol. The predicted molar refractivity (Wildman–Crippen MR) is 114 cm³/mol. The van der Waals surface area contributed by atoms with Crippen molar-refractivity contribution < 1.29 is 32.2 Å². The van der Waals surface area contributed by atoms with Crippen LogP contribution in [-0.2, 0) is 19.6 Å². The minimum Gasteiger partial charge on any atom is -0.497 e. The first-order chi connectivity index (χ1) is 14.9. The number of hydrogen-bond donors (Lipinski definition) is 0. The molecule has 2 aromatic rings. The van der Waals surface area contributed by atoms with E-state index in [4.69, 9.17) is 18.9 Å². The van der Waals surface area contributed by atoms with Crippen LogP contribution < -0.4 is 18.5 Å². The summed E-state index contributed by atoms with van der Waals surface area (Å²) in [4.78, 5) is 14.6. The second-order valence-electron chi connectivity index (χ2n) is 6.72. The molecule has 10 heteroatoms. The van der Waals surface area contributed by atoms with Crippen molar-refractivity contribution in [2.75, 3.05) is 58.5 Å². The van der Waals surface area contributed by atoms with Gasteiger partial charge in [-0.3, -0.25) is 9.10 Å². The van der Waals surface area contributed by atoms with Crippen LogP contribution in [0.15, 0.2) is 47.4 Å². The van der Waals surface area contributed by atoms with Gasteiger partial charge in [-0.25, -0.2) is 8.42 Å². The highest BCUT2D eigenvalue weighted by atomic mass is 32.2. The fourth-order valence-corrected chi connectivity index (χ4v) is 4.62. The smallest absolute Gasteiger partial charge is 0.264 e. The van der Waals surface area contributed by atoms with Gasteiger partial charge in [0.15, 0.2) is 0 Å². The number of methoxy groups -OCH3 is 3. The molecule has 1 amide bonds. The zero-order valence-electron chi connectivity index (χ0n) is 17.7. The molecule has 1 aliphatic heterocycles. The summed E-state index contributed by atoms with van der Waals surface area (Å²) in [5.74, 6) is 0.927. The van der Waals surface area contributed by atoms with Gasteiger partial charge in [0.1, 0.15) is 23.8 Å². The number of sulfonamides is 1. The van der Waals surface area contributed by atoms with Gasteiger partial charge in [0, 0.05) is 19.2 Å². The topological polar surface area (TPSA) is 94.6 Å². The van der Waals surface area contributed by atoms with E-state index in [1.165, 1.54) is 39.5 Å². The first-order valence-corrected chi connectivity index (χ1v) is 11.1. The van der Waals surface area contributed by atoms with Gasteiger partial charge in [-0.2, -0.15) is 0 Å². The van der Waals surface area contributed by atoms with Crippen LogP contribution in [0, 0.1) is 0 Å². The Morgan fingerprint density at radius 1 is 0.968 bits per heavy atom. The number of ether oxygens (including phenoxy) is 4. The largest absolute Gasteiger partial charge is 0.497 e. The molecule has 3 rings (SSSR count). The van der Waals surface area contributed by atoms with Gasteiger partial charge in [0.2, 0.25) is 5.91 Å². The maximum Gasteiger partial charge on any atom is 0.264 e. The van der Waals surface area contributed by atoms with Crippen LogP contribution >= 0.6 is 0 Å². The lowest BCUT2D eigenvalue weighted by molar-refractivity contribution is -0.133. The summed E-state index contributed by atoms with van der Waals surface area (Å²) in [6.07, 6.45) is 0. The number of carbonyl (C=O) groups excluding carboxylic acids is 1. The van der Waals surface area contributed by atoms with E-state index in [2.05, 4.69) is 0 Å². The highest BCUT2D eigenvalue weighted by Crippen LogP contribution is 2.36. The van der Waals surface area contributed by atoms with Crippen molar-refractivity contribution >= 4 is 21.6 Å². The number of anilines is 1. The molecule has 0 saturated carbocycles. The zero-order valence-corrected chi connectivity index (χ0v) is 18.6. The molecule has 0 unspecified atom stereocenters. The van der Waals surface area contributed by atoms with E-state index in [0.29, 0.717) is 43.6 Å². The molecule has 0 N–H and O–H groups in total. The van der Waals surface area contributed by atoms with Gasteiger partial charge in [-0.1, -0.05) is 0 Å². The molecule has 31 heavy (non-hydrogen) atoms. The van der Waals surface area contributed by atoms with E-state index in [9.17, 15) is 13.2 Å². The molecule has 1 fully saturated rings. The summed E-state index contributed by atoms with van der Waals surface area (Å²) in [7, 11) is 0.308. The van der Waals surface area contributed by atoms with Gasteiger partial charge in [0.05, 0.1) is 45.1 Å². The van der Waals surface area contributed by atoms with Crippen LogP contribution in [-0.4, -0.2) is 73.4 Å². The average Bonchev–Trinajstić information content (AvgIpc) is 2.82. The molecule has 0 atom stereocenters. The van der Waals surface area contributed by atoms with Crippen LogP contribution in [0.5, 0.6) is 17.2 Å². The van der Waals surface area contributed by atoms with E-state index in [0.717, 1.165) is 4.31 Å². The van der Waals surface area contributed by atoms with Crippen LogP contribution in [0.4, 0.5) is 5.69 Å². The third-order valence-corrected chi connectivity index (χ3v) is 6.72. The number of amides is 1. The van der Waals surface area contributed by atoms with E-state index in [1.54, 1.807) is 29.2 Å². The fraction of sp³-hybridized carbons (Fsp3) is 0.381. The van der Waals surface area contributed by atoms with E-state index in [-0.39, 0.29) is 16.5 Å². The quantitative estimate of drug-likeness (QED) is 0.605. The van der Waals surface area contributed by atoms with Crippen LogP contribution in [0.3, 0.4) is 0 Å². The Morgan fingerprint density at radius 3 is 2.16 bits per heavy atom. The minimum absolute atomic E-state index is 0.0213. The highest BCUT2D eigenvalue weighted by molar-refractivity contribution is 7.92. The SMILES string of the molecule is COc1ccc(S(=O)(=O)N(CC(=O)N2CCOCC2)c2cc(OC)ccc2OC)cc1. The molecule has 2 aromatic carbocycles. The molecule has 1 saturated heterocycles. The molecule has 1 aliphatic rings. The maximum atomic E-state index is 13.6. The number of rotatable bonds is 8. The third-order valence-electron chi connectivity index (χ3n) is 4.94. The van der Waals surface area contributed by atoms with Crippen molar-refractivity contribution in [1.29, 1.82) is 0 Å². The van der Waals surface area contributed by atoms with Crippen molar-refractivity contribution in [2.45, 2.75) is 4.90 Å². The van der Waals surface area contributed by atoms with Crippen molar-refractivity contribution in [2.24, 2.45) is 0 Å². The Bertz CT molecular complexity index is 1000. The summed E-state index contributed by atoms with van der Waals surface area (Å²) in [6.45, 7) is 1.26. The summed E-state index contributed by atoms with van der Waals surface area (Å²) in [6, 6.07) is 10.8. The Balaban J connectivity index is 2.06. The molecule has 168 valence electrons. The van der Waals surface area contributed by atoms with Crippen molar-refractivity contribution in [1.82, 2.24) is 4.90 Å². The molecule has 0 aliphatic carbocycles. The first kappa shape index (κ1) is 22.7. The summed E-state index contributed by atoms with van der Waals surface area (Å²) in [5.41, 5.74) is 0.208. The maximum absolute atomic E-state index is 13.6. The summed E-state index contributed by atoms with van der Waals surface area (Å²) >= 11 is 0. The molecule has 0 spiro atoms. The highest BCUT2D eigenvalue weighted by Gasteiger charge is 2.32. The Labute approximate surface area is 182 Å². The molecular weight excluding hydrogens is 424 g/mol. The van der Waals surface area contributed by atoms with E-state index in [1.807, 2.05) is 0 Å². The standard InChI is InChI=1S/C21H26N2O7S/c1-27-16-4-7-18(8-5-16)31(25,26)23(15-21(24)22-10-12-30-13-11-22)19-14-17(28-2)6-9-20(19)29-3/h4-9,14H,10-13,15H2,1-3H3. The average molecular weight is 451 g/mol. The Hall–Kier alpha value is -2.98. The normalized spacial score (nSPS) is 14.1. The van der Waals surface area contributed by atoms with Gasteiger partial charge in [0.25, 0.3) is 10.0 Å². The predicted octanol–water partition coefficient (Wildman–Crippen LogP) is 1.77. The van der Waals surface area contributed by atoms with Crippen molar-refractivity contribution in [3.8, 4) is 17.2 Å². The molecule has 0 radical (unpaired) electrons. The van der Waals surface area contributed by atoms with Crippen molar-refractivity contribution in [3.63, 3.8) is 0 Å². The van der Waals surface area contributed by atoms with Crippen LogP contribution in [0.1, 0.15) is 0 Å². The lowest BCUT2D eigenvalue weighted by Crippen LogP contribution is -2.47. The van der Waals surface area contributed by atoms with Gasteiger partial charge in [-0.05, 0) is 36.4 Å². The van der Waals surface area contributed by atoms with E-state index >= 15 is 0 Å². The Kier molecular flexibility index (Phi) is 7.24. The summed E-state index contributed by atoms with van der Waals surface area (Å²) in [5, 5.41) is 0. The number of hydrogen-bond acceptors (Lipinski definition) is 7. The van der Waals surface area contributed by atoms with Gasteiger partial charge in [-0.15, -0.1) is 0 Å². The molecular formula is C21H26N2O7S. The second kappa shape index (κ2) is 9.88. The zero-order chi connectivity index (χ0) is 22.4. The van der Waals surface area contributed by atoms with Crippen molar-refractivity contribution in [3.05, 3.63) is 42.5 Å². The molecule has 1 heterocycles. The van der Waals surface area contributed by atoms with Crippen LogP contribution in [0.25, 0.3) is 0 Å². The molecule has 0 bridgehead atoms. The summed E-state index contributed by atoms with van der Waals surface area (Å²) < 4.78 is 49.3. The number of benzene rings is 2. The lowest BCUT2D eigenvalue weighted by atomic mass is 10.2. The van der Waals surface area contributed by atoms with Gasteiger partial charge >= 0.3 is 0 Å². The Morgan fingerprint density at radius 2 is 1.58 bits per heavy atom. The number of nitrogens with zero attached hydrogens (tertiary/aromatic N) is 2. The van der Waals surface area contributed by atoms with Gasteiger partial charge < -0.3 is 23.8 Å². The number of carbonyl (C=O) groups is 1. The lowest BCUT2D eigenvalue weighted by Gasteiger charge is -2.31. The minimum atomic E-state index is -4.11. The third kappa shape index (κ3) is 5.02. The number of morpholine rings is 1. The van der Waals surface area contributed by atoms with E-state index < -0.39 is 16.6 Å². The first-order valence-electron chi connectivity index (χ1n) is 9.65. The second-order valence-corrected chi connectivity index (χ2v) is 8.58. The molecule has 0 aromatic heterocycles. The van der Waals surface area contributed by atoms with Crippen LogP contribution in [0.2, 0.25) is 0 Å². The fourth-order valence-electron chi connectivity index (χ4n) is 3.20.